The van der Waals surface area contributed by atoms with Crippen molar-refractivity contribution in [1.82, 2.24) is 5.32 Å². The van der Waals surface area contributed by atoms with Crippen molar-refractivity contribution in [2.75, 3.05) is 0 Å². The lowest BCUT2D eigenvalue weighted by Crippen LogP contribution is -2.56. The van der Waals surface area contributed by atoms with Crippen LogP contribution in [-0.2, 0) is 11.3 Å². The average Bonchev–Trinajstić information content (AvgIpc) is 2.66. The first-order valence-corrected chi connectivity index (χ1v) is 10.6. The maximum Gasteiger partial charge on any atom is 0.408 e. The van der Waals surface area contributed by atoms with Crippen LogP contribution in [-0.4, -0.2) is 34.0 Å². The predicted molar refractivity (Wildman–Crippen MR) is 121 cm³/mol. The minimum Gasteiger partial charge on any atom is -0.444 e. The van der Waals surface area contributed by atoms with Crippen LogP contribution in [0.2, 0.25) is 0 Å². The second-order valence-corrected chi connectivity index (χ2v) is 9.93. The molecular formula is C25H30F2N3O2+. The van der Waals surface area contributed by atoms with Crippen LogP contribution in [0.3, 0.4) is 0 Å². The molecule has 0 aromatic heterocycles. The third-order valence-electron chi connectivity index (χ3n) is 4.89. The average molecular weight is 443 g/mol. The summed E-state index contributed by atoms with van der Waals surface area (Å²) in [7, 11) is 0. The number of aliphatic imine (C=N–C) groups is 1. The van der Waals surface area contributed by atoms with Crippen LogP contribution in [0.1, 0.15) is 52.7 Å². The van der Waals surface area contributed by atoms with E-state index in [2.05, 4.69) is 10.3 Å². The van der Waals surface area contributed by atoms with Gasteiger partial charge in [-0.15, -0.1) is 0 Å². The maximum absolute atomic E-state index is 14.5. The highest BCUT2D eigenvalue weighted by Gasteiger charge is 2.43. The van der Waals surface area contributed by atoms with Crippen LogP contribution in [0.4, 0.5) is 13.6 Å². The number of hydrogen-bond acceptors (Lipinski definition) is 3. The third-order valence-corrected chi connectivity index (χ3v) is 4.89. The molecule has 1 atom stereocenters. The predicted octanol–water partition coefficient (Wildman–Crippen LogP) is 5.28. The Morgan fingerprint density at radius 2 is 1.72 bits per heavy atom. The summed E-state index contributed by atoms with van der Waals surface area (Å²) in [6.07, 6.45) is -0.565. The third kappa shape index (κ3) is 5.58. The van der Waals surface area contributed by atoms with Gasteiger partial charge in [0.05, 0.1) is 12.1 Å². The Kier molecular flexibility index (Phi) is 6.49. The SMILES string of the molecule is CC(C)(C)OC(=O)NC(C1=[N+](Cc2ccccc2)C(c2cc(F)ccc2F)=N1)C(C)(C)C. The van der Waals surface area contributed by atoms with E-state index in [9.17, 15) is 13.6 Å². The number of halogens is 2. The first-order chi connectivity index (χ1) is 14.8. The Bertz CT molecular complexity index is 1060. The second kappa shape index (κ2) is 8.81. The van der Waals surface area contributed by atoms with E-state index in [-0.39, 0.29) is 5.56 Å². The minimum absolute atomic E-state index is 0.0783. The van der Waals surface area contributed by atoms with Gasteiger partial charge in [-0.05, 0) is 49.9 Å². The smallest absolute Gasteiger partial charge is 0.408 e. The van der Waals surface area contributed by atoms with Crippen molar-refractivity contribution in [3.63, 3.8) is 0 Å². The van der Waals surface area contributed by atoms with Crippen LogP contribution in [0.25, 0.3) is 0 Å². The number of rotatable bonds is 5. The van der Waals surface area contributed by atoms with Crippen molar-refractivity contribution in [2.45, 2.75) is 59.7 Å². The number of hydrogen-bond donors (Lipinski definition) is 1. The summed E-state index contributed by atoms with van der Waals surface area (Å²) in [4.78, 5) is 17.1. The molecule has 2 aromatic carbocycles. The Morgan fingerprint density at radius 1 is 1.06 bits per heavy atom. The Labute approximate surface area is 187 Å². The number of alkyl carbamates (subject to hydrolysis) is 1. The van der Waals surface area contributed by atoms with Crippen LogP contribution < -0.4 is 5.32 Å². The summed E-state index contributed by atoms with van der Waals surface area (Å²) >= 11 is 0. The van der Waals surface area contributed by atoms with Crippen molar-refractivity contribution in [3.8, 4) is 0 Å². The highest BCUT2D eigenvalue weighted by Crippen LogP contribution is 2.27. The molecule has 1 aliphatic rings. The van der Waals surface area contributed by atoms with E-state index in [0.29, 0.717) is 18.2 Å². The first-order valence-electron chi connectivity index (χ1n) is 10.6. The molecule has 0 bridgehead atoms. The number of ether oxygens (including phenoxy) is 1. The monoisotopic (exact) mass is 442 g/mol. The first kappa shape index (κ1) is 23.6. The topological polar surface area (TPSA) is 53.7 Å². The quantitative estimate of drug-likeness (QED) is 0.641. The van der Waals surface area contributed by atoms with Gasteiger partial charge in [-0.3, -0.25) is 0 Å². The molecule has 2 aromatic rings. The fourth-order valence-electron chi connectivity index (χ4n) is 3.40. The molecule has 1 amide bonds. The summed E-state index contributed by atoms with van der Waals surface area (Å²) < 4.78 is 35.7. The molecule has 170 valence electrons. The summed E-state index contributed by atoms with van der Waals surface area (Å²) in [6, 6.07) is 12.4. The van der Waals surface area contributed by atoms with Crippen LogP contribution in [0, 0.1) is 17.0 Å². The normalized spacial score (nSPS) is 15.1. The Balaban J connectivity index is 2.02. The zero-order valence-corrected chi connectivity index (χ0v) is 19.4. The van der Waals surface area contributed by atoms with Crippen molar-refractivity contribution >= 4 is 17.8 Å². The van der Waals surface area contributed by atoms with Crippen molar-refractivity contribution < 1.29 is 22.9 Å². The molecule has 1 aliphatic heterocycles. The number of nitrogens with one attached hydrogen (secondary N) is 1. The fourth-order valence-corrected chi connectivity index (χ4v) is 3.40. The van der Waals surface area contributed by atoms with E-state index >= 15 is 0 Å². The summed E-state index contributed by atoms with van der Waals surface area (Å²) in [6.45, 7) is 11.7. The highest BCUT2D eigenvalue weighted by molar-refractivity contribution is 6.11. The van der Waals surface area contributed by atoms with Gasteiger partial charge in [0.25, 0.3) is 11.7 Å². The highest BCUT2D eigenvalue weighted by atomic mass is 19.1. The maximum atomic E-state index is 14.5. The second-order valence-electron chi connectivity index (χ2n) is 9.93. The van der Waals surface area contributed by atoms with E-state index in [1.54, 1.807) is 20.8 Å². The van der Waals surface area contributed by atoms with E-state index in [1.165, 1.54) is 0 Å². The molecule has 1 unspecified atom stereocenters. The summed E-state index contributed by atoms with van der Waals surface area (Å²) in [5.41, 5.74) is -0.0233. The van der Waals surface area contributed by atoms with E-state index in [4.69, 9.17) is 4.74 Å². The van der Waals surface area contributed by atoms with Gasteiger partial charge in [0.15, 0.2) is 0 Å². The van der Waals surface area contributed by atoms with Gasteiger partial charge in [0, 0.05) is 0 Å². The molecule has 0 saturated carbocycles. The molecule has 1 N–H and O–H groups in total. The molecule has 1 heterocycles. The van der Waals surface area contributed by atoms with Crippen LogP contribution in [0.15, 0.2) is 53.5 Å². The van der Waals surface area contributed by atoms with Gasteiger partial charge in [0.2, 0.25) is 0 Å². The van der Waals surface area contributed by atoms with Crippen LogP contribution >= 0.6 is 0 Å². The molecule has 0 aliphatic carbocycles. The van der Waals surface area contributed by atoms with Gasteiger partial charge in [-0.2, -0.15) is 0 Å². The lowest BCUT2D eigenvalue weighted by atomic mass is 9.85. The number of amides is 1. The molecule has 0 radical (unpaired) electrons. The minimum atomic E-state index is -0.653. The van der Waals surface area contributed by atoms with Crippen LogP contribution in [0.5, 0.6) is 0 Å². The van der Waals surface area contributed by atoms with Gasteiger partial charge in [-0.25, -0.2) is 18.2 Å². The lowest BCUT2D eigenvalue weighted by molar-refractivity contribution is -0.440. The van der Waals surface area contributed by atoms with Crippen molar-refractivity contribution in [1.29, 1.82) is 0 Å². The summed E-state index contributed by atoms with van der Waals surface area (Å²) in [5, 5.41) is 2.91. The van der Waals surface area contributed by atoms with Crippen molar-refractivity contribution in [2.24, 2.45) is 10.4 Å². The van der Waals surface area contributed by atoms with Gasteiger partial charge in [-0.1, -0.05) is 56.1 Å². The molecule has 5 nitrogen and oxygen atoms in total. The van der Waals surface area contributed by atoms with E-state index < -0.39 is 34.8 Å². The fraction of sp³-hybridized carbons (Fsp3) is 0.400. The molecule has 32 heavy (non-hydrogen) atoms. The number of amidine groups is 2. The standard InChI is InChI=1S/C25H29F2N3O2/c1-24(2,3)20(28-23(31)32-25(4,5)6)22-29-21(18-14-17(26)12-13-19(18)27)30(22)15-16-10-8-7-9-11-16/h7-14,20H,15H2,1-6H3/p+1. The molecular weight excluding hydrogens is 412 g/mol. The largest absolute Gasteiger partial charge is 0.444 e. The molecule has 3 rings (SSSR count). The Hall–Kier alpha value is -3.09. The zero-order chi connectivity index (χ0) is 23.7. The Morgan fingerprint density at radius 3 is 2.31 bits per heavy atom. The number of carbonyl (C=O) groups excluding carboxylic acids is 1. The van der Waals surface area contributed by atoms with Crippen molar-refractivity contribution in [3.05, 3.63) is 71.3 Å². The number of nitrogens with zero attached hydrogens (tertiary/aromatic N) is 2. The zero-order valence-electron chi connectivity index (χ0n) is 19.4. The molecule has 0 spiro atoms. The number of carbonyl (C=O) groups is 1. The summed E-state index contributed by atoms with van der Waals surface area (Å²) in [5.74, 6) is -0.224. The van der Waals surface area contributed by atoms with Gasteiger partial charge >= 0.3 is 6.09 Å². The number of benzene rings is 2. The molecule has 7 heteroatoms. The van der Waals surface area contributed by atoms with Gasteiger partial charge < -0.3 is 10.1 Å². The van der Waals surface area contributed by atoms with E-state index in [1.807, 2.05) is 55.7 Å². The molecule has 0 saturated heterocycles. The van der Waals surface area contributed by atoms with E-state index in [0.717, 1.165) is 23.8 Å². The molecule has 0 fully saturated rings. The van der Waals surface area contributed by atoms with Gasteiger partial charge in [0.1, 0.15) is 23.3 Å². The lowest BCUT2D eigenvalue weighted by Gasteiger charge is -2.34.